The van der Waals surface area contributed by atoms with Crippen molar-refractivity contribution in [1.29, 1.82) is 0 Å². The van der Waals surface area contributed by atoms with E-state index in [9.17, 15) is 18.0 Å². The van der Waals surface area contributed by atoms with Crippen LogP contribution in [0, 0.1) is 6.92 Å². The van der Waals surface area contributed by atoms with Crippen LogP contribution in [0.4, 0.5) is 13.2 Å². The van der Waals surface area contributed by atoms with Gasteiger partial charge in [0.1, 0.15) is 0 Å². The molecule has 0 fully saturated rings. The van der Waals surface area contributed by atoms with Gasteiger partial charge in [-0.05, 0) is 48.2 Å². The number of aromatic nitrogens is 3. The Bertz CT molecular complexity index is 1090. The van der Waals surface area contributed by atoms with Crippen molar-refractivity contribution in [3.63, 3.8) is 0 Å². The van der Waals surface area contributed by atoms with Crippen molar-refractivity contribution in [3.05, 3.63) is 70.8 Å². The molecule has 3 heterocycles. The van der Waals surface area contributed by atoms with Gasteiger partial charge >= 0.3 is 6.18 Å². The Kier molecular flexibility index (Phi) is 4.64. The van der Waals surface area contributed by atoms with Gasteiger partial charge < -0.3 is 4.90 Å². The molecule has 2 aromatic heterocycles. The smallest absolute Gasteiger partial charge is 0.332 e. The molecule has 1 aromatic carbocycles. The first-order valence-electron chi connectivity index (χ1n) is 9.18. The van der Waals surface area contributed by atoms with Gasteiger partial charge in [-0.15, -0.1) is 0 Å². The summed E-state index contributed by atoms with van der Waals surface area (Å²) in [6.45, 7) is 2.74. The Hall–Kier alpha value is -3.16. The minimum Gasteiger partial charge on any atom is -0.332 e. The standard InChI is InChI=1S/C21H19F3N4O/c1-13-6-8-25-14(10-13)11-28-9-7-16-15(4-3-5-17(16)20(28)29)18-12-27(2)26-19(18)21(22,23)24/h3-6,8,10,12H,7,9,11H2,1-2H3. The van der Waals surface area contributed by atoms with Crippen LogP contribution in [0.15, 0.2) is 42.7 Å². The first kappa shape index (κ1) is 19.2. The molecule has 1 aliphatic heterocycles. The molecule has 0 saturated carbocycles. The number of halogens is 3. The average Bonchev–Trinajstić information content (AvgIpc) is 3.06. The van der Waals surface area contributed by atoms with Crippen LogP contribution in [0.1, 0.15) is 32.9 Å². The van der Waals surface area contributed by atoms with E-state index in [1.54, 1.807) is 29.3 Å². The normalized spacial score (nSPS) is 14.2. The van der Waals surface area contributed by atoms with E-state index in [4.69, 9.17) is 0 Å². The fraction of sp³-hybridized carbons (Fsp3) is 0.286. The lowest BCUT2D eigenvalue weighted by Gasteiger charge is -2.29. The Labute approximate surface area is 165 Å². The zero-order chi connectivity index (χ0) is 20.8. The molecule has 1 aliphatic rings. The predicted molar refractivity (Wildman–Crippen MR) is 101 cm³/mol. The molecule has 1 amide bonds. The van der Waals surface area contributed by atoms with Crippen LogP contribution in [-0.2, 0) is 26.2 Å². The predicted octanol–water partition coefficient (Wildman–Crippen LogP) is 4.01. The van der Waals surface area contributed by atoms with Crippen molar-refractivity contribution in [3.8, 4) is 11.1 Å². The van der Waals surface area contributed by atoms with Crippen LogP contribution in [0.3, 0.4) is 0 Å². The number of aryl methyl sites for hydroxylation is 2. The third-order valence-corrected chi connectivity index (χ3v) is 5.04. The molecule has 29 heavy (non-hydrogen) atoms. The fourth-order valence-electron chi connectivity index (χ4n) is 3.75. The summed E-state index contributed by atoms with van der Waals surface area (Å²) in [4.78, 5) is 19.0. The number of rotatable bonds is 3. The van der Waals surface area contributed by atoms with E-state index in [1.165, 1.54) is 13.2 Å². The van der Waals surface area contributed by atoms with E-state index < -0.39 is 11.9 Å². The minimum atomic E-state index is -4.57. The summed E-state index contributed by atoms with van der Waals surface area (Å²) >= 11 is 0. The maximum Gasteiger partial charge on any atom is 0.435 e. The molecule has 0 radical (unpaired) electrons. The molecule has 0 unspecified atom stereocenters. The van der Waals surface area contributed by atoms with Crippen LogP contribution in [0.25, 0.3) is 11.1 Å². The molecule has 0 spiro atoms. The highest BCUT2D eigenvalue weighted by atomic mass is 19.4. The number of amides is 1. The van der Waals surface area contributed by atoms with Crippen molar-refractivity contribution in [2.45, 2.75) is 26.1 Å². The zero-order valence-electron chi connectivity index (χ0n) is 16.0. The number of carbonyl (C=O) groups is 1. The van der Waals surface area contributed by atoms with E-state index in [-0.39, 0.29) is 11.5 Å². The van der Waals surface area contributed by atoms with Gasteiger partial charge in [0.25, 0.3) is 5.91 Å². The number of hydrogen-bond acceptors (Lipinski definition) is 3. The Morgan fingerprint density at radius 3 is 2.62 bits per heavy atom. The molecule has 0 N–H and O–H groups in total. The van der Waals surface area contributed by atoms with E-state index in [0.29, 0.717) is 36.2 Å². The van der Waals surface area contributed by atoms with Crippen molar-refractivity contribution in [1.82, 2.24) is 19.7 Å². The Morgan fingerprint density at radius 1 is 1.14 bits per heavy atom. The molecule has 150 valence electrons. The van der Waals surface area contributed by atoms with Crippen molar-refractivity contribution >= 4 is 5.91 Å². The molecule has 0 atom stereocenters. The van der Waals surface area contributed by atoms with Gasteiger partial charge in [-0.25, -0.2) is 0 Å². The van der Waals surface area contributed by atoms with Gasteiger partial charge in [-0.1, -0.05) is 12.1 Å². The summed E-state index contributed by atoms with van der Waals surface area (Å²) in [7, 11) is 1.45. The summed E-state index contributed by atoms with van der Waals surface area (Å²) in [5.41, 5.74) is 2.36. The van der Waals surface area contributed by atoms with Gasteiger partial charge in [-0.2, -0.15) is 18.3 Å². The fourth-order valence-corrected chi connectivity index (χ4v) is 3.75. The number of fused-ring (bicyclic) bond motifs is 1. The number of carbonyl (C=O) groups excluding carboxylic acids is 1. The largest absolute Gasteiger partial charge is 0.435 e. The van der Waals surface area contributed by atoms with Crippen molar-refractivity contribution < 1.29 is 18.0 Å². The summed E-state index contributed by atoms with van der Waals surface area (Å²) in [6, 6.07) is 8.71. The molecule has 4 rings (SSSR count). The quantitative estimate of drug-likeness (QED) is 0.668. The van der Waals surface area contributed by atoms with Gasteiger partial charge in [0.15, 0.2) is 5.69 Å². The second-order valence-corrected chi connectivity index (χ2v) is 7.20. The lowest BCUT2D eigenvalue weighted by Crippen LogP contribution is -2.37. The minimum absolute atomic E-state index is 0.00143. The molecular formula is C21H19F3N4O. The zero-order valence-corrected chi connectivity index (χ0v) is 16.0. The number of nitrogens with zero attached hydrogens (tertiary/aromatic N) is 4. The molecule has 0 saturated heterocycles. The van der Waals surface area contributed by atoms with E-state index in [2.05, 4.69) is 10.1 Å². The third-order valence-electron chi connectivity index (χ3n) is 5.04. The summed E-state index contributed by atoms with van der Waals surface area (Å²) < 4.78 is 41.5. The van der Waals surface area contributed by atoms with Crippen LogP contribution < -0.4 is 0 Å². The molecular weight excluding hydrogens is 381 g/mol. The SMILES string of the molecule is Cc1ccnc(CN2CCc3c(cccc3-c3cn(C)nc3C(F)(F)F)C2=O)c1. The first-order chi connectivity index (χ1) is 13.7. The number of pyridine rings is 1. The van der Waals surface area contributed by atoms with Crippen LogP contribution in [0.2, 0.25) is 0 Å². The maximum atomic E-state index is 13.4. The second kappa shape index (κ2) is 7.02. The lowest BCUT2D eigenvalue weighted by molar-refractivity contribution is -0.140. The van der Waals surface area contributed by atoms with Gasteiger partial charge in [0, 0.05) is 37.1 Å². The van der Waals surface area contributed by atoms with Gasteiger partial charge in [0.2, 0.25) is 0 Å². The molecule has 3 aromatic rings. The monoisotopic (exact) mass is 400 g/mol. The molecule has 8 heteroatoms. The summed E-state index contributed by atoms with van der Waals surface area (Å²) in [5, 5.41) is 3.59. The average molecular weight is 400 g/mol. The highest BCUT2D eigenvalue weighted by molar-refractivity contribution is 5.98. The van der Waals surface area contributed by atoms with Gasteiger partial charge in [0.05, 0.1) is 12.2 Å². The molecule has 0 aliphatic carbocycles. The lowest BCUT2D eigenvalue weighted by atomic mass is 9.90. The van der Waals surface area contributed by atoms with Crippen molar-refractivity contribution in [2.24, 2.45) is 7.05 Å². The summed E-state index contributed by atoms with van der Waals surface area (Å²) in [5.74, 6) is -0.200. The second-order valence-electron chi connectivity index (χ2n) is 7.20. The third kappa shape index (κ3) is 3.62. The van der Waals surface area contributed by atoms with Crippen LogP contribution >= 0.6 is 0 Å². The number of alkyl halides is 3. The summed E-state index contributed by atoms with van der Waals surface area (Å²) in [6.07, 6.45) is -1.05. The maximum absolute atomic E-state index is 13.4. The topological polar surface area (TPSA) is 51.0 Å². The van der Waals surface area contributed by atoms with Crippen LogP contribution in [-0.4, -0.2) is 32.1 Å². The molecule has 5 nitrogen and oxygen atoms in total. The Balaban J connectivity index is 1.71. The van der Waals surface area contributed by atoms with E-state index in [1.807, 2.05) is 19.1 Å². The van der Waals surface area contributed by atoms with Crippen LogP contribution in [0.5, 0.6) is 0 Å². The Morgan fingerprint density at radius 2 is 1.90 bits per heavy atom. The van der Waals surface area contributed by atoms with E-state index in [0.717, 1.165) is 15.9 Å². The first-order valence-corrected chi connectivity index (χ1v) is 9.18. The number of benzene rings is 1. The van der Waals surface area contributed by atoms with Gasteiger partial charge in [-0.3, -0.25) is 14.5 Å². The highest BCUT2D eigenvalue weighted by Crippen LogP contribution is 2.39. The highest BCUT2D eigenvalue weighted by Gasteiger charge is 2.38. The van der Waals surface area contributed by atoms with E-state index >= 15 is 0 Å². The number of hydrogen-bond donors (Lipinski definition) is 0. The molecule has 0 bridgehead atoms. The van der Waals surface area contributed by atoms with Crippen molar-refractivity contribution in [2.75, 3.05) is 6.54 Å².